The van der Waals surface area contributed by atoms with Gasteiger partial charge in [0.15, 0.2) is 5.65 Å². The van der Waals surface area contributed by atoms with E-state index >= 15 is 0 Å². The van der Waals surface area contributed by atoms with Crippen molar-refractivity contribution in [3.63, 3.8) is 0 Å². The summed E-state index contributed by atoms with van der Waals surface area (Å²) in [5, 5.41) is 12.4. The summed E-state index contributed by atoms with van der Waals surface area (Å²) in [7, 11) is 1.64. The first-order valence-electron chi connectivity index (χ1n) is 13.8. The molecule has 2 amide bonds. The number of anilines is 1. The van der Waals surface area contributed by atoms with Gasteiger partial charge < -0.3 is 15.5 Å². The molecule has 2 N–H and O–H groups in total. The van der Waals surface area contributed by atoms with E-state index in [0.29, 0.717) is 35.8 Å². The molecule has 0 saturated carbocycles. The van der Waals surface area contributed by atoms with Gasteiger partial charge in [0.2, 0.25) is 5.91 Å². The van der Waals surface area contributed by atoms with Crippen molar-refractivity contribution in [3.8, 4) is 21.8 Å². The molecule has 210 valence electrons. The number of carbonyl (C=O) groups is 2. The van der Waals surface area contributed by atoms with Crippen LogP contribution in [0.2, 0.25) is 0 Å². The Kier molecular flexibility index (Phi) is 8.41. The summed E-state index contributed by atoms with van der Waals surface area (Å²) in [5.74, 6) is 0.350. The van der Waals surface area contributed by atoms with E-state index in [-0.39, 0.29) is 23.9 Å². The van der Waals surface area contributed by atoms with Crippen molar-refractivity contribution < 1.29 is 9.59 Å². The Morgan fingerprint density at radius 1 is 1.20 bits per heavy atom. The van der Waals surface area contributed by atoms with Crippen LogP contribution in [0.25, 0.3) is 27.5 Å². The average molecular weight is 561 g/mol. The fourth-order valence-corrected chi connectivity index (χ4v) is 5.79. The van der Waals surface area contributed by atoms with Crippen molar-refractivity contribution >= 4 is 34.6 Å². The van der Waals surface area contributed by atoms with Crippen LogP contribution in [0.4, 0.5) is 5.82 Å². The molecule has 4 aromatic heterocycles. The molecule has 0 unspecified atom stereocenters. The van der Waals surface area contributed by atoms with Crippen LogP contribution in [0.15, 0.2) is 48.1 Å². The van der Waals surface area contributed by atoms with E-state index in [0.717, 1.165) is 42.1 Å². The highest BCUT2D eigenvalue weighted by Crippen LogP contribution is 2.31. The molecule has 1 fully saturated rings. The Balaban J connectivity index is 1.51. The van der Waals surface area contributed by atoms with Gasteiger partial charge in [-0.2, -0.15) is 5.10 Å². The number of likely N-dealkylation sites (N-methyl/N-ethyl adjacent to an activating group) is 2. The number of nitrogens with zero attached hydrogens (tertiary/aromatic N) is 6. The lowest BCUT2D eigenvalue weighted by atomic mass is 10.0. The zero-order valence-corrected chi connectivity index (χ0v) is 24.2. The molecule has 0 aromatic carbocycles. The van der Waals surface area contributed by atoms with Crippen molar-refractivity contribution in [2.24, 2.45) is 0 Å². The Morgan fingerprint density at radius 3 is 2.73 bits per heavy atom. The fourth-order valence-electron chi connectivity index (χ4n) is 5.09. The van der Waals surface area contributed by atoms with Crippen LogP contribution in [0, 0.1) is 0 Å². The number of carbonyl (C=O) groups excluding carboxylic acids is 2. The van der Waals surface area contributed by atoms with Gasteiger partial charge in [0, 0.05) is 37.9 Å². The quantitative estimate of drug-likeness (QED) is 0.288. The van der Waals surface area contributed by atoms with Crippen molar-refractivity contribution in [1.82, 2.24) is 35.1 Å². The molecule has 10 nitrogen and oxygen atoms in total. The van der Waals surface area contributed by atoms with Crippen molar-refractivity contribution in [2.45, 2.75) is 45.7 Å². The highest BCUT2D eigenvalue weighted by atomic mass is 32.1. The molecule has 40 heavy (non-hydrogen) atoms. The topological polar surface area (TPSA) is 108 Å². The molecule has 0 radical (unpaired) electrons. The monoisotopic (exact) mass is 560 g/mol. The van der Waals surface area contributed by atoms with Gasteiger partial charge in [-0.25, -0.2) is 14.5 Å². The maximum Gasteiger partial charge on any atom is 0.251 e. The Labute approximate surface area is 238 Å². The minimum atomic E-state index is -0.316. The third-order valence-corrected chi connectivity index (χ3v) is 8.35. The average Bonchev–Trinajstić information content (AvgIpc) is 3.64. The smallest absolute Gasteiger partial charge is 0.251 e. The molecular weight excluding hydrogens is 524 g/mol. The molecule has 1 aliphatic rings. The summed E-state index contributed by atoms with van der Waals surface area (Å²) in [6, 6.07) is 9.43. The first-order chi connectivity index (χ1) is 19.4. The Bertz CT molecular complexity index is 1480. The van der Waals surface area contributed by atoms with E-state index < -0.39 is 0 Å². The summed E-state index contributed by atoms with van der Waals surface area (Å²) >= 11 is 1.62. The maximum absolute atomic E-state index is 13.5. The van der Waals surface area contributed by atoms with Crippen LogP contribution < -0.4 is 15.5 Å². The minimum Gasteiger partial charge on any atom is -0.357 e. The van der Waals surface area contributed by atoms with Crippen LogP contribution in [0.3, 0.4) is 0 Å². The number of thiophene rings is 1. The predicted molar refractivity (Wildman–Crippen MR) is 159 cm³/mol. The van der Waals surface area contributed by atoms with Gasteiger partial charge in [-0.3, -0.25) is 14.5 Å². The van der Waals surface area contributed by atoms with Gasteiger partial charge in [-0.1, -0.05) is 19.9 Å². The van der Waals surface area contributed by atoms with Crippen LogP contribution in [-0.2, 0) is 4.79 Å². The summed E-state index contributed by atoms with van der Waals surface area (Å²) in [5.41, 5.74) is 3.30. The second-order valence-electron chi connectivity index (χ2n) is 10.0. The molecule has 2 atom stereocenters. The van der Waals surface area contributed by atoms with Gasteiger partial charge in [0.25, 0.3) is 5.91 Å². The van der Waals surface area contributed by atoms with Crippen molar-refractivity contribution in [3.05, 3.63) is 53.7 Å². The molecule has 5 rings (SSSR count). The highest BCUT2D eigenvalue weighted by molar-refractivity contribution is 7.13. The molecule has 4 aromatic rings. The van der Waals surface area contributed by atoms with E-state index in [1.54, 1.807) is 41.2 Å². The fraction of sp³-hybridized carbons (Fsp3) is 0.414. The third-order valence-electron chi connectivity index (χ3n) is 7.45. The maximum atomic E-state index is 13.5. The van der Waals surface area contributed by atoms with Gasteiger partial charge in [0.05, 0.1) is 28.0 Å². The van der Waals surface area contributed by atoms with Gasteiger partial charge in [-0.05, 0) is 62.5 Å². The molecule has 11 heteroatoms. The standard InChI is InChI=1S/C29H36N8O2S/c1-5-11-35(6-2)19(3)17-31-28(38)20-15-23(33-26(16-20)36-12-10-24(36)29(39)30-4)21-18-32-37-13-9-22(34-27(21)37)25-8-7-14-40-25/h7-9,13-16,18-19,24H,5-6,10-12,17H2,1-4H3,(H,30,39)(H,31,38)/t19-,24-/m0/s1. The SMILES string of the molecule is CCCN(CC)[C@@H](C)CNC(=O)c1cc(-c2cnn3ccc(-c4cccs4)nc23)nc(N2CC[C@H]2C(=O)NC)c1. The van der Waals surface area contributed by atoms with E-state index in [2.05, 4.69) is 41.4 Å². The second-order valence-corrected chi connectivity index (χ2v) is 11.0. The first-order valence-corrected chi connectivity index (χ1v) is 14.7. The van der Waals surface area contributed by atoms with Crippen LogP contribution in [-0.4, -0.2) is 81.6 Å². The van der Waals surface area contributed by atoms with Crippen LogP contribution >= 0.6 is 11.3 Å². The lowest BCUT2D eigenvalue weighted by molar-refractivity contribution is -0.123. The summed E-state index contributed by atoms with van der Waals surface area (Å²) in [6.45, 7) is 9.57. The second kappa shape index (κ2) is 12.1. The number of pyridine rings is 1. The lowest BCUT2D eigenvalue weighted by Gasteiger charge is -2.40. The summed E-state index contributed by atoms with van der Waals surface area (Å²) in [4.78, 5) is 41.1. The molecule has 0 spiro atoms. The number of aromatic nitrogens is 4. The van der Waals surface area contributed by atoms with Gasteiger partial charge in [0.1, 0.15) is 11.9 Å². The van der Waals surface area contributed by atoms with E-state index in [1.807, 2.05) is 34.7 Å². The lowest BCUT2D eigenvalue weighted by Crippen LogP contribution is -2.56. The largest absolute Gasteiger partial charge is 0.357 e. The number of rotatable bonds is 11. The summed E-state index contributed by atoms with van der Waals surface area (Å²) < 4.78 is 1.71. The zero-order chi connectivity index (χ0) is 28.2. The molecular formula is C29H36N8O2S. The molecule has 0 bridgehead atoms. The number of amides is 2. The zero-order valence-electron chi connectivity index (χ0n) is 23.4. The predicted octanol–water partition coefficient (Wildman–Crippen LogP) is 3.69. The Morgan fingerprint density at radius 2 is 2.05 bits per heavy atom. The van der Waals surface area contributed by atoms with E-state index in [9.17, 15) is 9.59 Å². The van der Waals surface area contributed by atoms with Crippen LogP contribution in [0.1, 0.15) is 44.0 Å². The van der Waals surface area contributed by atoms with Crippen molar-refractivity contribution in [1.29, 1.82) is 0 Å². The van der Waals surface area contributed by atoms with Crippen LogP contribution in [0.5, 0.6) is 0 Å². The number of fused-ring (bicyclic) bond motifs is 1. The van der Waals surface area contributed by atoms with Gasteiger partial charge >= 0.3 is 0 Å². The molecule has 1 saturated heterocycles. The normalized spacial score (nSPS) is 15.7. The number of nitrogens with one attached hydrogen (secondary N) is 2. The van der Waals surface area contributed by atoms with E-state index in [1.165, 1.54) is 0 Å². The number of hydrogen-bond acceptors (Lipinski definition) is 8. The van der Waals surface area contributed by atoms with Crippen molar-refractivity contribution in [2.75, 3.05) is 38.1 Å². The summed E-state index contributed by atoms with van der Waals surface area (Å²) in [6.07, 6.45) is 5.41. The van der Waals surface area contributed by atoms with Gasteiger partial charge in [-0.15, -0.1) is 11.3 Å². The molecule has 1 aliphatic heterocycles. The third kappa shape index (κ3) is 5.57. The first kappa shape index (κ1) is 27.7. The molecule has 0 aliphatic carbocycles. The Hall–Kier alpha value is -3.83. The molecule has 5 heterocycles. The minimum absolute atomic E-state index is 0.0629. The number of hydrogen-bond donors (Lipinski definition) is 2. The van der Waals surface area contributed by atoms with E-state index in [4.69, 9.17) is 9.97 Å². The highest BCUT2D eigenvalue weighted by Gasteiger charge is 2.35.